The van der Waals surface area contributed by atoms with Crippen LogP contribution in [0.4, 0.5) is 0 Å². The molecule has 3 rings (SSSR count). The van der Waals surface area contributed by atoms with Crippen molar-refractivity contribution in [2.45, 2.75) is 19.9 Å². The second-order valence-electron chi connectivity index (χ2n) is 6.77. The van der Waals surface area contributed by atoms with Gasteiger partial charge in [-0.15, -0.1) is 0 Å². The van der Waals surface area contributed by atoms with Gasteiger partial charge in [0.2, 0.25) is 5.78 Å². The number of aliphatic hydroxyl groups is 1. The van der Waals surface area contributed by atoms with E-state index in [9.17, 15) is 14.7 Å². The number of hydrogen-bond acceptors (Lipinski definition) is 6. The Hall–Kier alpha value is -3.06. The average molecular weight is 398 g/mol. The van der Waals surface area contributed by atoms with E-state index in [0.717, 1.165) is 18.7 Å². The molecule has 0 radical (unpaired) electrons. The van der Waals surface area contributed by atoms with Crippen LogP contribution >= 0.6 is 0 Å². The van der Waals surface area contributed by atoms with E-state index in [0.29, 0.717) is 18.8 Å². The maximum absolute atomic E-state index is 13.0. The van der Waals surface area contributed by atoms with Crippen molar-refractivity contribution in [3.8, 4) is 5.75 Å². The van der Waals surface area contributed by atoms with E-state index in [1.54, 1.807) is 42.3 Å². The van der Waals surface area contributed by atoms with Gasteiger partial charge >= 0.3 is 0 Å². The van der Waals surface area contributed by atoms with Crippen molar-refractivity contribution in [1.29, 1.82) is 0 Å². The summed E-state index contributed by atoms with van der Waals surface area (Å²) >= 11 is 0. The van der Waals surface area contributed by atoms with Gasteiger partial charge in [-0.3, -0.25) is 9.59 Å². The fourth-order valence-electron chi connectivity index (χ4n) is 3.58. The van der Waals surface area contributed by atoms with Crippen LogP contribution < -0.4 is 4.74 Å². The number of rotatable bonds is 9. The number of nitrogens with zero attached hydrogens (tertiary/aromatic N) is 2. The van der Waals surface area contributed by atoms with Crippen LogP contribution in [0.3, 0.4) is 0 Å². The molecule has 0 fully saturated rings. The van der Waals surface area contributed by atoms with Crippen LogP contribution in [0.1, 0.15) is 36.0 Å². The Morgan fingerprint density at radius 2 is 1.90 bits per heavy atom. The third-order valence-corrected chi connectivity index (χ3v) is 5.28. The Labute approximate surface area is 170 Å². The van der Waals surface area contributed by atoms with E-state index >= 15 is 0 Å². The van der Waals surface area contributed by atoms with Crippen LogP contribution in [0.5, 0.6) is 5.75 Å². The molecule has 1 aliphatic rings. The molecule has 0 bridgehead atoms. The minimum atomic E-state index is -0.693. The molecule has 1 N–H and O–H groups in total. The van der Waals surface area contributed by atoms with Gasteiger partial charge in [0.15, 0.2) is 11.5 Å². The lowest BCUT2D eigenvalue weighted by molar-refractivity contribution is -0.129. The van der Waals surface area contributed by atoms with Crippen LogP contribution in [0.2, 0.25) is 0 Å². The van der Waals surface area contributed by atoms with Gasteiger partial charge in [-0.25, -0.2) is 0 Å². The van der Waals surface area contributed by atoms with Gasteiger partial charge in [0.1, 0.15) is 5.75 Å². The summed E-state index contributed by atoms with van der Waals surface area (Å²) in [6, 6.07) is 9.57. The zero-order valence-electron chi connectivity index (χ0n) is 16.9. The predicted molar refractivity (Wildman–Crippen MR) is 108 cm³/mol. The molecule has 0 spiro atoms. The molecule has 7 heteroatoms. The van der Waals surface area contributed by atoms with Gasteiger partial charge < -0.3 is 24.1 Å². The normalized spacial score (nSPS) is 16.8. The molecule has 0 unspecified atom stereocenters. The van der Waals surface area contributed by atoms with Crippen molar-refractivity contribution in [3.05, 3.63) is 65.3 Å². The lowest BCUT2D eigenvalue weighted by atomic mass is 9.95. The van der Waals surface area contributed by atoms with Crippen LogP contribution in [0.25, 0.3) is 0 Å². The number of carbonyl (C=O) groups is 2. The number of amides is 1. The van der Waals surface area contributed by atoms with E-state index in [2.05, 4.69) is 18.7 Å². The van der Waals surface area contributed by atoms with E-state index in [-0.39, 0.29) is 11.3 Å². The highest BCUT2D eigenvalue weighted by Crippen LogP contribution is 2.39. The number of ketones is 1. The van der Waals surface area contributed by atoms with Crippen molar-refractivity contribution in [3.63, 3.8) is 0 Å². The lowest BCUT2D eigenvalue weighted by Gasteiger charge is -2.29. The second-order valence-corrected chi connectivity index (χ2v) is 6.77. The van der Waals surface area contributed by atoms with Gasteiger partial charge in [0, 0.05) is 13.1 Å². The number of hydrogen-bond donors (Lipinski definition) is 1. The maximum Gasteiger partial charge on any atom is 0.290 e. The standard InChI is InChI=1S/C22H26N2O5/c1-4-23(5-2)12-13-24-19(15-8-10-16(28-3)11-9-15)18(21(26)22(24)27)20(25)17-7-6-14-29-17/h6-11,14,19,26H,4-5,12-13H2,1-3H3/t19-/m0/s1. The molecule has 0 aliphatic carbocycles. The third-order valence-electron chi connectivity index (χ3n) is 5.28. The van der Waals surface area contributed by atoms with Gasteiger partial charge in [-0.2, -0.15) is 0 Å². The molecule has 0 saturated heterocycles. The molecule has 154 valence electrons. The number of likely N-dealkylation sites (N-methyl/N-ethyl adjacent to an activating group) is 1. The molecule has 1 amide bonds. The summed E-state index contributed by atoms with van der Waals surface area (Å²) in [5.74, 6) is -0.810. The summed E-state index contributed by atoms with van der Waals surface area (Å²) in [5, 5.41) is 10.6. The van der Waals surface area contributed by atoms with Crippen LogP contribution in [0.15, 0.2) is 58.4 Å². The molecule has 1 aliphatic heterocycles. The molecule has 1 aromatic carbocycles. The van der Waals surface area contributed by atoms with E-state index in [1.807, 2.05) is 0 Å². The molecule has 0 saturated carbocycles. The number of furan rings is 1. The number of aliphatic hydroxyl groups excluding tert-OH is 1. The predicted octanol–water partition coefficient (Wildman–Crippen LogP) is 3.21. The third kappa shape index (κ3) is 4.05. The number of carbonyl (C=O) groups excluding carboxylic acids is 2. The van der Waals surface area contributed by atoms with Gasteiger partial charge in [0.05, 0.1) is 25.0 Å². The van der Waals surface area contributed by atoms with Crippen molar-refractivity contribution >= 4 is 11.7 Å². The Bertz CT molecular complexity index is 882. The summed E-state index contributed by atoms with van der Waals surface area (Å²) in [6.07, 6.45) is 1.39. The average Bonchev–Trinajstić information content (AvgIpc) is 3.37. The summed E-state index contributed by atoms with van der Waals surface area (Å²) in [5.41, 5.74) is 0.757. The van der Waals surface area contributed by atoms with Gasteiger partial charge in [-0.05, 0) is 42.9 Å². The SMILES string of the molecule is CCN(CC)CCN1C(=O)C(O)=C(C(=O)c2ccco2)[C@@H]1c1ccc(OC)cc1. The van der Waals surface area contributed by atoms with E-state index in [4.69, 9.17) is 9.15 Å². The highest BCUT2D eigenvalue weighted by molar-refractivity contribution is 6.15. The first-order valence-electron chi connectivity index (χ1n) is 9.70. The molecular weight excluding hydrogens is 372 g/mol. The maximum atomic E-state index is 13.0. The summed E-state index contributed by atoms with van der Waals surface area (Å²) < 4.78 is 10.4. The lowest BCUT2D eigenvalue weighted by Crippen LogP contribution is -2.38. The van der Waals surface area contributed by atoms with Gasteiger partial charge in [0.25, 0.3) is 5.91 Å². The zero-order chi connectivity index (χ0) is 21.0. The van der Waals surface area contributed by atoms with Crippen LogP contribution in [-0.4, -0.2) is 59.9 Å². The van der Waals surface area contributed by atoms with E-state index in [1.165, 1.54) is 12.3 Å². The highest BCUT2D eigenvalue weighted by Gasteiger charge is 2.44. The van der Waals surface area contributed by atoms with Crippen LogP contribution in [-0.2, 0) is 4.79 Å². The van der Waals surface area contributed by atoms with Crippen molar-refractivity contribution in [2.75, 3.05) is 33.3 Å². The van der Waals surface area contributed by atoms with Crippen molar-refractivity contribution < 1.29 is 23.8 Å². The Balaban J connectivity index is 1.99. The monoisotopic (exact) mass is 398 g/mol. The number of methoxy groups -OCH3 is 1. The molecule has 7 nitrogen and oxygen atoms in total. The fraction of sp³-hybridized carbons (Fsp3) is 0.364. The summed E-state index contributed by atoms with van der Waals surface area (Å²) in [7, 11) is 1.57. The quantitative estimate of drug-likeness (QED) is 0.653. The number of benzene rings is 1. The largest absolute Gasteiger partial charge is 0.503 e. The zero-order valence-corrected chi connectivity index (χ0v) is 16.9. The minimum absolute atomic E-state index is 0.0367. The Kier molecular flexibility index (Phi) is 6.39. The Morgan fingerprint density at radius 1 is 1.21 bits per heavy atom. The van der Waals surface area contributed by atoms with E-state index < -0.39 is 23.5 Å². The molecule has 1 atom stereocenters. The molecule has 1 aromatic heterocycles. The summed E-state index contributed by atoms with van der Waals surface area (Å²) in [6.45, 7) is 6.83. The molecule has 29 heavy (non-hydrogen) atoms. The highest BCUT2D eigenvalue weighted by atomic mass is 16.5. The first kappa shape index (κ1) is 20.7. The molecule has 2 aromatic rings. The van der Waals surface area contributed by atoms with Crippen molar-refractivity contribution in [2.24, 2.45) is 0 Å². The van der Waals surface area contributed by atoms with Crippen molar-refractivity contribution in [1.82, 2.24) is 9.80 Å². The fourth-order valence-corrected chi connectivity index (χ4v) is 3.58. The minimum Gasteiger partial charge on any atom is -0.503 e. The molecule has 2 heterocycles. The number of Topliss-reactive ketones (excluding diaryl/α,β-unsaturated/α-hetero) is 1. The number of ether oxygens (including phenoxy) is 1. The Morgan fingerprint density at radius 3 is 2.45 bits per heavy atom. The van der Waals surface area contributed by atoms with Gasteiger partial charge in [-0.1, -0.05) is 26.0 Å². The first-order chi connectivity index (χ1) is 14.0. The summed E-state index contributed by atoms with van der Waals surface area (Å²) in [4.78, 5) is 29.6. The smallest absolute Gasteiger partial charge is 0.290 e. The van der Waals surface area contributed by atoms with Crippen LogP contribution in [0, 0.1) is 0 Å². The molecular formula is C22H26N2O5. The first-order valence-corrected chi connectivity index (χ1v) is 9.70. The topological polar surface area (TPSA) is 83.2 Å². The second kappa shape index (κ2) is 8.96.